The highest BCUT2D eigenvalue weighted by Crippen LogP contribution is 2.45. The number of halogens is 6. The molecule has 4 atom stereocenters. The van der Waals surface area contributed by atoms with Gasteiger partial charge in [-0.3, -0.25) is 9.69 Å². The van der Waals surface area contributed by atoms with E-state index < -0.39 is 47.3 Å². The predicted molar refractivity (Wildman–Crippen MR) is 171 cm³/mol. The molecular weight excluding hydrogens is 668 g/mol. The van der Waals surface area contributed by atoms with Crippen LogP contribution in [-0.2, 0) is 33.2 Å². The molecule has 4 unspecified atom stereocenters. The number of carbonyl (C=O) groups is 2. The molecule has 0 N–H and O–H groups in total. The molecule has 3 aromatic rings. The molecule has 0 spiro atoms. The summed E-state index contributed by atoms with van der Waals surface area (Å²) in [5.41, 5.74) is 0.273. The number of cyclic esters (lactones) is 1. The molecule has 14 heteroatoms. The molecule has 1 saturated carbocycles. The van der Waals surface area contributed by atoms with Crippen LogP contribution in [0.2, 0.25) is 0 Å². The van der Waals surface area contributed by atoms with E-state index in [-0.39, 0.29) is 30.4 Å². The normalized spacial score (nSPS) is 22.4. The lowest BCUT2D eigenvalue weighted by Crippen LogP contribution is -2.38. The maximum Gasteiger partial charge on any atom is 0.416 e. The lowest BCUT2D eigenvalue weighted by Gasteiger charge is -2.33. The zero-order valence-corrected chi connectivity index (χ0v) is 28.0. The highest BCUT2D eigenvalue weighted by Gasteiger charge is 2.44. The van der Waals surface area contributed by atoms with E-state index in [2.05, 4.69) is 4.90 Å². The van der Waals surface area contributed by atoms with E-state index in [9.17, 15) is 35.9 Å². The third-order valence-corrected chi connectivity index (χ3v) is 10.0. The smallest absolute Gasteiger partial charge is 0.416 e. The van der Waals surface area contributed by atoms with Crippen LogP contribution in [-0.4, -0.2) is 55.3 Å². The minimum Gasteiger partial charge on any atom is -0.496 e. The second-order valence-corrected chi connectivity index (χ2v) is 13.2. The molecule has 1 amide bonds. The average Bonchev–Trinajstić information content (AvgIpc) is 3.63. The molecule has 1 aliphatic carbocycles. The van der Waals surface area contributed by atoms with E-state index in [4.69, 9.17) is 19.2 Å². The number of amides is 1. The van der Waals surface area contributed by atoms with Crippen molar-refractivity contribution >= 4 is 17.9 Å². The van der Waals surface area contributed by atoms with E-state index in [1.807, 2.05) is 31.2 Å². The van der Waals surface area contributed by atoms with Crippen molar-refractivity contribution in [2.75, 3.05) is 32.2 Å². The van der Waals surface area contributed by atoms with E-state index in [0.717, 1.165) is 37.1 Å². The molecule has 6 rings (SSSR count). The Morgan fingerprint density at radius 1 is 0.960 bits per heavy atom. The number of pyridine rings is 1. The fourth-order valence-electron chi connectivity index (χ4n) is 7.21. The van der Waals surface area contributed by atoms with Crippen LogP contribution < -0.4 is 9.64 Å². The maximum atomic E-state index is 13.7. The van der Waals surface area contributed by atoms with E-state index >= 15 is 0 Å². The monoisotopic (exact) mass is 705 g/mol. The highest BCUT2D eigenvalue weighted by molar-refractivity contribution is 5.79. The van der Waals surface area contributed by atoms with Crippen LogP contribution in [0.3, 0.4) is 0 Å². The summed E-state index contributed by atoms with van der Waals surface area (Å²) in [4.78, 5) is 33.9. The van der Waals surface area contributed by atoms with Crippen molar-refractivity contribution in [3.05, 3.63) is 76.0 Å². The fourth-order valence-corrected chi connectivity index (χ4v) is 7.21. The molecule has 3 fully saturated rings. The number of ether oxygens (including phenoxy) is 3. The number of alkyl halides is 6. The zero-order chi connectivity index (χ0) is 36.1. The van der Waals surface area contributed by atoms with Gasteiger partial charge in [0.05, 0.1) is 49.5 Å². The molecule has 8 nitrogen and oxygen atoms in total. The third-order valence-electron chi connectivity index (χ3n) is 10.0. The van der Waals surface area contributed by atoms with Gasteiger partial charge in [-0.05, 0) is 98.5 Å². The van der Waals surface area contributed by atoms with Crippen molar-refractivity contribution in [1.82, 2.24) is 9.88 Å². The summed E-state index contributed by atoms with van der Waals surface area (Å²) >= 11 is 0. The minimum atomic E-state index is -5.05. The molecular formula is C36H37F6N3O5. The SMILES string of the molecule is COC(=O)C1CCC(c2ccc(OC)c(-c3c(C)cc(N4CCC4)nc3CN3C(=O)OC(c4cc(C(F)(F)F)cc(C(F)(F)F)c4)C3C)c2)C1. The van der Waals surface area contributed by atoms with Crippen molar-refractivity contribution in [1.29, 1.82) is 0 Å². The van der Waals surface area contributed by atoms with Gasteiger partial charge in [0.25, 0.3) is 0 Å². The van der Waals surface area contributed by atoms with Gasteiger partial charge in [0.15, 0.2) is 0 Å². The van der Waals surface area contributed by atoms with Crippen molar-refractivity contribution < 1.29 is 50.1 Å². The molecule has 2 saturated heterocycles. The van der Waals surface area contributed by atoms with Gasteiger partial charge in [0, 0.05) is 24.2 Å². The maximum absolute atomic E-state index is 13.7. The van der Waals surface area contributed by atoms with E-state index in [0.29, 0.717) is 53.4 Å². The Kier molecular flexibility index (Phi) is 9.42. The lowest BCUT2D eigenvalue weighted by atomic mass is 9.90. The summed E-state index contributed by atoms with van der Waals surface area (Å²) in [5.74, 6) is 0.866. The summed E-state index contributed by atoms with van der Waals surface area (Å²) in [6.07, 6.45) is -9.32. The first-order chi connectivity index (χ1) is 23.6. The number of nitrogens with zero attached hydrogens (tertiary/aromatic N) is 3. The van der Waals surface area contributed by atoms with Crippen molar-refractivity contribution in [2.24, 2.45) is 5.92 Å². The van der Waals surface area contributed by atoms with Gasteiger partial charge >= 0.3 is 24.4 Å². The van der Waals surface area contributed by atoms with Gasteiger partial charge in [-0.25, -0.2) is 9.78 Å². The number of carbonyl (C=O) groups excluding carboxylic acids is 2. The fraction of sp³-hybridized carbons (Fsp3) is 0.472. The van der Waals surface area contributed by atoms with Crippen LogP contribution in [0.1, 0.15) is 78.1 Å². The molecule has 3 aliphatic rings. The van der Waals surface area contributed by atoms with Gasteiger partial charge < -0.3 is 19.1 Å². The molecule has 50 heavy (non-hydrogen) atoms. The predicted octanol–water partition coefficient (Wildman–Crippen LogP) is 8.45. The Balaban J connectivity index is 1.39. The van der Waals surface area contributed by atoms with E-state index in [1.165, 1.54) is 26.0 Å². The molecule has 0 bridgehead atoms. The Labute approximate surface area is 285 Å². The molecule has 0 radical (unpaired) electrons. The van der Waals surface area contributed by atoms with Crippen LogP contribution in [0, 0.1) is 12.8 Å². The number of aromatic nitrogens is 1. The van der Waals surface area contributed by atoms with Gasteiger partial charge in [-0.1, -0.05) is 6.07 Å². The van der Waals surface area contributed by atoms with Crippen LogP contribution in [0.15, 0.2) is 42.5 Å². The van der Waals surface area contributed by atoms with Crippen LogP contribution in [0.25, 0.3) is 11.1 Å². The number of aryl methyl sites for hydroxylation is 1. The lowest BCUT2D eigenvalue weighted by molar-refractivity contribution is -0.145. The number of methoxy groups -OCH3 is 2. The highest BCUT2D eigenvalue weighted by atomic mass is 19.4. The number of hydrogen-bond acceptors (Lipinski definition) is 7. The van der Waals surface area contributed by atoms with Crippen LogP contribution in [0.4, 0.5) is 37.0 Å². The van der Waals surface area contributed by atoms with Gasteiger partial charge in [-0.2, -0.15) is 26.3 Å². The summed E-state index contributed by atoms with van der Waals surface area (Å²) in [6, 6.07) is 8.03. The number of hydrogen-bond donors (Lipinski definition) is 0. The summed E-state index contributed by atoms with van der Waals surface area (Å²) in [7, 11) is 2.91. The summed E-state index contributed by atoms with van der Waals surface area (Å²) in [5, 5.41) is 0. The van der Waals surface area contributed by atoms with Gasteiger partial charge in [-0.15, -0.1) is 0 Å². The van der Waals surface area contributed by atoms with Crippen molar-refractivity contribution in [3.63, 3.8) is 0 Å². The quantitative estimate of drug-likeness (QED) is 0.172. The Hall–Kier alpha value is -4.49. The number of rotatable bonds is 8. The summed E-state index contributed by atoms with van der Waals surface area (Å²) in [6.45, 7) is 4.87. The molecule has 268 valence electrons. The second kappa shape index (κ2) is 13.3. The Bertz CT molecular complexity index is 1760. The zero-order valence-electron chi connectivity index (χ0n) is 28.0. The molecule has 1 aromatic heterocycles. The largest absolute Gasteiger partial charge is 0.496 e. The van der Waals surface area contributed by atoms with Crippen LogP contribution >= 0.6 is 0 Å². The van der Waals surface area contributed by atoms with Gasteiger partial charge in [0.1, 0.15) is 17.7 Å². The Morgan fingerprint density at radius 3 is 2.22 bits per heavy atom. The number of benzene rings is 2. The Morgan fingerprint density at radius 2 is 1.64 bits per heavy atom. The third kappa shape index (κ3) is 6.80. The summed E-state index contributed by atoms with van der Waals surface area (Å²) < 4.78 is 98.3. The molecule has 2 aromatic carbocycles. The second-order valence-electron chi connectivity index (χ2n) is 13.2. The average molecular weight is 706 g/mol. The van der Waals surface area contributed by atoms with E-state index in [1.54, 1.807) is 0 Å². The number of esters is 1. The molecule has 3 heterocycles. The first kappa shape index (κ1) is 35.3. The standard InChI is InChI=1S/C36H37F6N3O5/c1-19-12-30(44-10-5-11-44)43-28(31(19)27-16-22(8-9-29(27)48-3)21-6-7-23(13-21)33(46)49-4)18-45-20(2)32(50-34(45)47)24-14-25(35(37,38)39)17-26(15-24)36(40,41)42/h8-9,12,14-17,20-21,23,32H,5-7,10-11,13,18H2,1-4H3. The van der Waals surface area contributed by atoms with Crippen LogP contribution in [0.5, 0.6) is 5.75 Å². The van der Waals surface area contributed by atoms with Crippen molar-refractivity contribution in [3.8, 4) is 16.9 Å². The molecule has 2 aliphatic heterocycles. The topological polar surface area (TPSA) is 81.2 Å². The van der Waals surface area contributed by atoms with Crippen molar-refractivity contribution in [2.45, 2.75) is 76.5 Å². The minimum absolute atomic E-state index is 0.0473. The van der Waals surface area contributed by atoms with Gasteiger partial charge in [0.2, 0.25) is 0 Å². The first-order valence-corrected chi connectivity index (χ1v) is 16.4. The first-order valence-electron chi connectivity index (χ1n) is 16.4. The number of anilines is 1.